The molecule has 1 aromatic rings. The van der Waals surface area contributed by atoms with Crippen molar-refractivity contribution in [3.05, 3.63) is 18.2 Å². The van der Waals surface area contributed by atoms with E-state index < -0.39 is 18.4 Å². The van der Waals surface area contributed by atoms with Gasteiger partial charge in [0.25, 0.3) is 0 Å². The molecule has 0 aromatic heterocycles. The molecule has 0 radical (unpaired) electrons. The van der Waals surface area contributed by atoms with Crippen LogP contribution < -0.4 is 25.8 Å². The lowest BCUT2D eigenvalue weighted by Crippen LogP contribution is -2.36. The van der Waals surface area contributed by atoms with Gasteiger partial charge in [-0.15, -0.1) is 0 Å². The number of alkyl halides is 2. The summed E-state index contributed by atoms with van der Waals surface area (Å²) in [6, 6.07) is 4.00. The fraction of sp³-hybridized carbons (Fsp3) is 0.333. The normalized spacial score (nSPS) is 10.1. The minimum Gasteiger partial charge on any atom is -0.493 e. The SMILES string of the molecule is COc1ccc(NC(=O)CNC(=O)CN)cc1OC(F)F. The van der Waals surface area contributed by atoms with Crippen molar-refractivity contribution < 1.29 is 27.8 Å². The molecule has 0 fully saturated rings. The highest BCUT2D eigenvalue weighted by Gasteiger charge is 2.12. The molecule has 0 aliphatic carbocycles. The maximum Gasteiger partial charge on any atom is 0.387 e. The molecule has 0 bridgehead atoms. The zero-order valence-corrected chi connectivity index (χ0v) is 11.2. The summed E-state index contributed by atoms with van der Waals surface area (Å²) < 4.78 is 33.6. The zero-order chi connectivity index (χ0) is 15.8. The summed E-state index contributed by atoms with van der Waals surface area (Å²) >= 11 is 0. The fourth-order valence-electron chi connectivity index (χ4n) is 1.40. The number of hydrogen-bond donors (Lipinski definition) is 3. The van der Waals surface area contributed by atoms with Gasteiger partial charge >= 0.3 is 6.61 Å². The number of anilines is 1. The number of nitrogens with one attached hydrogen (secondary N) is 2. The van der Waals surface area contributed by atoms with Gasteiger partial charge in [-0.3, -0.25) is 9.59 Å². The van der Waals surface area contributed by atoms with Crippen molar-refractivity contribution in [1.82, 2.24) is 5.32 Å². The van der Waals surface area contributed by atoms with E-state index in [-0.39, 0.29) is 30.3 Å². The first-order valence-corrected chi connectivity index (χ1v) is 5.85. The van der Waals surface area contributed by atoms with Crippen LogP contribution >= 0.6 is 0 Å². The van der Waals surface area contributed by atoms with Crippen LogP contribution in [-0.4, -0.2) is 38.6 Å². The van der Waals surface area contributed by atoms with Gasteiger partial charge in [-0.1, -0.05) is 0 Å². The predicted molar refractivity (Wildman–Crippen MR) is 70.3 cm³/mol. The summed E-state index contributed by atoms with van der Waals surface area (Å²) in [5.74, 6) is -1.13. The standard InChI is InChI=1S/C12H15F2N3O4/c1-20-8-3-2-7(4-9(8)21-12(13)14)17-11(19)6-16-10(18)5-15/h2-4,12H,5-6,15H2,1H3,(H,16,18)(H,17,19). The summed E-state index contributed by atoms with van der Waals surface area (Å²) in [6.45, 7) is -3.54. The second kappa shape index (κ2) is 8.00. The van der Waals surface area contributed by atoms with E-state index >= 15 is 0 Å². The largest absolute Gasteiger partial charge is 0.493 e. The monoisotopic (exact) mass is 303 g/mol. The molecule has 7 nitrogen and oxygen atoms in total. The van der Waals surface area contributed by atoms with E-state index in [0.29, 0.717) is 0 Å². The molecule has 21 heavy (non-hydrogen) atoms. The van der Waals surface area contributed by atoms with Crippen LogP contribution in [0.15, 0.2) is 18.2 Å². The molecule has 116 valence electrons. The van der Waals surface area contributed by atoms with Crippen LogP contribution in [0.2, 0.25) is 0 Å². The number of nitrogens with two attached hydrogens (primary N) is 1. The second-order valence-electron chi connectivity index (χ2n) is 3.77. The number of ether oxygens (including phenoxy) is 2. The fourth-order valence-corrected chi connectivity index (χ4v) is 1.40. The molecule has 4 N–H and O–H groups in total. The van der Waals surface area contributed by atoms with Crippen LogP contribution in [0, 0.1) is 0 Å². The summed E-state index contributed by atoms with van der Waals surface area (Å²) in [6.07, 6.45) is 0. The summed E-state index contributed by atoms with van der Waals surface area (Å²) in [5, 5.41) is 4.68. The van der Waals surface area contributed by atoms with Crippen LogP contribution in [0.25, 0.3) is 0 Å². The molecule has 0 saturated heterocycles. The molecular formula is C12H15F2N3O4. The molecule has 1 rings (SSSR count). The Kier molecular flexibility index (Phi) is 6.34. The van der Waals surface area contributed by atoms with E-state index in [9.17, 15) is 18.4 Å². The third-order valence-corrected chi connectivity index (χ3v) is 2.29. The number of rotatable bonds is 7. The van der Waals surface area contributed by atoms with Gasteiger partial charge < -0.3 is 25.8 Å². The van der Waals surface area contributed by atoms with Gasteiger partial charge in [0.05, 0.1) is 20.2 Å². The van der Waals surface area contributed by atoms with Gasteiger partial charge in [-0.05, 0) is 12.1 Å². The molecule has 0 heterocycles. The van der Waals surface area contributed by atoms with Crippen LogP contribution in [0.4, 0.5) is 14.5 Å². The Morgan fingerprint density at radius 2 is 2.00 bits per heavy atom. The first kappa shape index (κ1) is 16.6. The van der Waals surface area contributed by atoms with Crippen molar-refractivity contribution >= 4 is 17.5 Å². The molecule has 9 heteroatoms. The van der Waals surface area contributed by atoms with Gasteiger partial charge in [0.1, 0.15) is 0 Å². The lowest BCUT2D eigenvalue weighted by molar-refractivity contribution is -0.123. The summed E-state index contributed by atoms with van der Waals surface area (Å²) in [7, 11) is 1.30. The smallest absolute Gasteiger partial charge is 0.387 e. The van der Waals surface area contributed by atoms with Crippen LogP contribution in [0.5, 0.6) is 11.5 Å². The molecule has 0 aliphatic heterocycles. The molecule has 0 atom stereocenters. The zero-order valence-electron chi connectivity index (χ0n) is 11.2. The van der Waals surface area contributed by atoms with E-state index in [2.05, 4.69) is 15.4 Å². The maximum absolute atomic E-state index is 12.3. The predicted octanol–water partition coefficient (Wildman–Crippen LogP) is 0.310. The minimum absolute atomic E-state index is 0.102. The van der Waals surface area contributed by atoms with E-state index in [1.165, 1.54) is 25.3 Å². The third-order valence-electron chi connectivity index (χ3n) is 2.29. The Balaban J connectivity index is 2.70. The van der Waals surface area contributed by atoms with Crippen LogP contribution in [0.1, 0.15) is 0 Å². The number of amides is 2. The van der Waals surface area contributed by atoms with Gasteiger partial charge in [-0.2, -0.15) is 8.78 Å². The molecule has 0 aliphatic rings. The van der Waals surface area contributed by atoms with Crippen molar-refractivity contribution in [3.8, 4) is 11.5 Å². The van der Waals surface area contributed by atoms with Crippen molar-refractivity contribution in [2.75, 3.05) is 25.5 Å². The summed E-state index contributed by atoms with van der Waals surface area (Å²) in [4.78, 5) is 22.4. The second-order valence-corrected chi connectivity index (χ2v) is 3.77. The van der Waals surface area contributed by atoms with E-state index in [1.807, 2.05) is 0 Å². The lowest BCUT2D eigenvalue weighted by atomic mass is 10.2. The Hall–Kier alpha value is -2.42. The molecule has 0 saturated carbocycles. The average molecular weight is 303 g/mol. The molecule has 0 spiro atoms. The maximum atomic E-state index is 12.3. The number of hydrogen-bond acceptors (Lipinski definition) is 5. The lowest BCUT2D eigenvalue weighted by Gasteiger charge is -2.12. The number of benzene rings is 1. The molecule has 0 unspecified atom stereocenters. The number of halogens is 2. The Labute approximate surface area is 119 Å². The minimum atomic E-state index is -3.02. The summed E-state index contributed by atoms with van der Waals surface area (Å²) in [5.41, 5.74) is 5.28. The van der Waals surface area contributed by atoms with Crippen molar-refractivity contribution in [3.63, 3.8) is 0 Å². The molecule has 2 amide bonds. The first-order valence-electron chi connectivity index (χ1n) is 5.85. The Bertz CT molecular complexity index is 511. The number of methoxy groups -OCH3 is 1. The molecule has 1 aromatic carbocycles. The van der Waals surface area contributed by atoms with Crippen molar-refractivity contribution in [2.24, 2.45) is 5.73 Å². The van der Waals surface area contributed by atoms with Gasteiger partial charge in [-0.25, -0.2) is 0 Å². The van der Waals surface area contributed by atoms with Gasteiger partial charge in [0.15, 0.2) is 11.5 Å². The Morgan fingerprint density at radius 1 is 1.29 bits per heavy atom. The highest BCUT2D eigenvalue weighted by molar-refractivity contribution is 5.94. The topological polar surface area (TPSA) is 103 Å². The van der Waals surface area contributed by atoms with Gasteiger partial charge in [0.2, 0.25) is 11.8 Å². The van der Waals surface area contributed by atoms with E-state index in [4.69, 9.17) is 10.5 Å². The van der Waals surface area contributed by atoms with Crippen molar-refractivity contribution in [1.29, 1.82) is 0 Å². The first-order chi connectivity index (χ1) is 9.96. The number of carbonyl (C=O) groups excluding carboxylic acids is 2. The molecular weight excluding hydrogens is 288 g/mol. The Morgan fingerprint density at radius 3 is 2.57 bits per heavy atom. The highest BCUT2D eigenvalue weighted by atomic mass is 19.3. The van der Waals surface area contributed by atoms with E-state index in [0.717, 1.165) is 0 Å². The quantitative estimate of drug-likeness (QED) is 0.673. The van der Waals surface area contributed by atoms with E-state index in [1.54, 1.807) is 0 Å². The number of carbonyl (C=O) groups is 2. The third kappa shape index (κ3) is 5.61. The van der Waals surface area contributed by atoms with Crippen LogP contribution in [-0.2, 0) is 9.59 Å². The van der Waals surface area contributed by atoms with Gasteiger partial charge in [0, 0.05) is 11.8 Å². The highest BCUT2D eigenvalue weighted by Crippen LogP contribution is 2.31. The van der Waals surface area contributed by atoms with Crippen molar-refractivity contribution in [2.45, 2.75) is 6.61 Å². The van der Waals surface area contributed by atoms with Crippen LogP contribution in [0.3, 0.4) is 0 Å². The average Bonchev–Trinajstić information content (AvgIpc) is 2.44.